The molecule has 6 heteroatoms. The van der Waals surface area contributed by atoms with Crippen molar-refractivity contribution >= 4 is 39.4 Å². The quantitative estimate of drug-likeness (QED) is 0.503. The Balaban J connectivity index is 1.68. The van der Waals surface area contributed by atoms with E-state index < -0.39 is 0 Å². The van der Waals surface area contributed by atoms with Gasteiger partial charge < -0.3 is 4.90 Å². The fourth-order valence-corrected chi connectivity index (χ4v) is 4.83. The third-order valence-corrected chi connectivity index (χ3v) is 6.08. The molecule has 2 aliphatic rings. The van der Waals surface area contributed by atoms with Crippen molar-refractivity contribution in [3.63, 3.8) is 0 Å². The van der Waals surface area contributed by atoms with Crippen molar-refractivity contribution in [2.45, 2.75) is 0 Å². The third kappa shape index (κ3) is 2.31. The maximum absolute atomic E-state index is 4.98. The molecular weight excluding hydrogens is 366 g/mol. The lowest BCUT2D eigenvalue weighted by Crippen LogP contribution is -2.28. The van der Waals surface area contributed by atoms with Crippen molar-refractivity contribution in [2.24, 2.45) is 9.98 Å². The second kappa shape index (κ2) is 6.07. The molecule has 0 unspecified atom stereocenters. The summed E-state index contributed by atoms with van der Waals surface area (Å²) in [4.78, 5) is 23.5. The summed E-state index contributed by atoms with van der Waals surface area (Å²) in [7, 11) is 0. The maximum atomic E-state index is 4.98. The van der Waals surface area contributed by atoms with Gasteiger partial charge in [0.1, 0.15) is 10.7 Å². The second-order valence-corrected chi connectivity index (χ2v) is 7.73. The summed E-state index contributed by atoms with van der Waals surface area (Å²) in [6.45, 7) is 1.69. The Morgan fingerprint density at radius 3 is 2.39 bits per heavy atom. The highest BCUT2D eigenvalue weighted by molar-refractivity contribution is 7.21. The van der Waals surface area contributed by atoms with Gasteiger partial charge >= 0.3 is 0 Å². The van der Waals surface area contributed by atoms with Gasteiger partial charge in [-0.15, -0.1) is 11.3 Å². The van der Waals surface area contributed by atoms with E-state index >= 15 is 0 Å². The highest BCUT2D eigenvalue weighted by Crippen LogP contribution is 2.44. The average molecular weight is 381 g/mol. The van der Waals surface area contributed by atoms with E-state index in [1.807, 2.05) is 54.9 Å². The zero-order valence-corrected chi connectivity index (χ0v) is 15.7. The van der Waals surface area contributed by atoms with E-state index in [0.717, 1.165) is 62.4 Å². The minimum atomic E-state index is 0.736. The Labute approximate surface area is 165 Å². The molecule has 4 heterocycles. The van der Waals surface area contributed by atoms with Gasteiger partial charge in [0.2, 0.25) is 0 Å². The molecule has 0 bridgehead atoms. The van der Waals surface area contributed by atoms with Gasteiger partial charge in [0.25, 0.3) is 0 Å². The van der Waals surface area contributed by atoms with E-state index in [1.165, 1.54) is 0 Å². The summed E-state index contributed by atoms with van der Waals surface area (Å²) in [6, 6.07) is 20.4. The monoisotopic (exact) mass is 381 g/mol. The van der Waals surface area contributed by atoms with Gasteiger partial charge in [-0.25, -0.2) is 15.0 Å². The molecule has 0 N–H and O–H groups in total. The Hall–Kier alpha value is -3.38. The molecule has 0 radical (unpaired) electrons. The molecule has 0 saturated carbocycles. The molecule has 28 heavy (non-hydrogen) atoms. The Morgan fingerprint density at radius 2 is 1.61 bits per heavy atom. The minimum absolute atomic E-state index is 0.736. The standard InChI is InChI=1S/C22H15N5S/c1-3-7-14(8-4-1)17-16-18-19(21-23-11-12-27(21)13-24-18)28-22(16)26-20(25-17)15-9-5-2-6-10-15/h1-10,13H,11-12H2. The summed E-state index contributed by atoms with van der Waals surface area (Å²) in [5, 5.41) is 1.01. The van der Waals surface area contributed by atoms with Crippen LogP contribution in [0.2, 0.25) is 0 Å². The number of thiophene rings is 1. The first-order chi connectivity index (χ1) is 13.9. The number of amidine groups is 1. The van der Waals surface area contributed by atoms with Crippen molar-refractivity contribution < 1.29 is 0 Å². The minimum Gasteiger partial charge on any atom is -0.314 e. The van der Waals surface area contributed by atoms with Crippen molar-refractivity contribution in [3.05, 3.63) is 65.5 Å². The van der Waals surface area contributed by atoms with Gasteiger partial charge in [-0.1, -0.05) is 60.7 Å². The molecule has 5 nitrogen and oxygen atoms in total. The van der Waals surface area contributed by atoms with E-state index in [4.69, 9.17) is 20.0 Å². The van der Waals surface area contributed by atoms with Crippen LogP contribution in [0.5, 0.6) is 0 Å². The molecule has 2 aromatic carbocycles. The van der Waals surface area contributed by atoms with Crippen LogP contribution in [0.25, 0.3) is 32.9 Å². The summed E-state index contributed by atoms with van der Waals surface area (Å²) < 4.78 is 0. The van der Waals surface area contributed by atoms with E-state index in [-0.39, 0.29) is 0 Å². The molecule has 0 saturated heterocycles. The topological polar surface area (TPSA) is 53.7 Å². The SMILES string of the molecule is C1=Nc2c(sc3nc(-c4ccccc4)nc(-c4ccccc4)c23)C2=NCCN12. The van der Waals surface area contributed by atoms with Gasteiger partial charge in [-0.3, -0.25) is 4.99 Å². The second-order valence-electron chi connectivity index (χ2n) is 6.73. The number of nitrogens with zero attached hydrogens (tertiary/aromatic N) is 5. The fourth-order valence-electron chi connectivity index (χ4n) is 3.68. The summed E-state index contributed by atoms with van der Waals surface area (Å²) in [5.41, 5.74) is 3.94. The van der Waals surface area contributed by atoms with Gasteiger partial charge in [0, 0.05) is 17.7 Å². The highest BCUT2D eigenvalue weighted by Gasteiger charge is 2.29. The number of hydrogen-bond donors (Lipinski definition) is 0. The van der Waals surface area contributed by atoms with Crippen molar-refractivity contribution in [1.29, 1.82) is 0 Å². The van der Waals surface area contributed by atoms with Crippen LogP contribution in [0.1, 0.15) is 4.88 Å². The number of aromatic nitrogens is 2. The Bertz CT molecular complexity index is 1260. The van der Waals surface area contributed by atoms with Crippen LogP contribution in [0.4, 0.5) is 5.69 Å². The molecule has 0 fully saturated rings. The van der Waals surface area contributed by atoms with Crippen LogP contribution in [-0.4, -0.2) is 40.1 Å². The first-order valence-electron chi connectivity index (χ1n) is 9.19. The van der Waals surface area contributed by atoms with Gasteiger partial charge in [-0.2, -0.15) is 0 Å². The maximum Gasteiger partial charge on any atom is 0.161 e. The smallest absolute Gasteiger partial charge is 0.161 e. The molecule has 2 aromatic heterocycles. The first-order valence-corrected chi connectivity index (χ1v) is 10.0. The Morgan fingerprint density at radius 1 is 0.857 bits per heavy atom. The zero-order valence-electron chi connectivity index (χ0n) is 14.9. The van der Waals surface area contributed by atoms with E-state index in [1.54, 1.807) is 11.3 Å². The lowest BCUT2D eigenvalue weighted by molar-refractivity contribution is 0.682. The van der Waals surface area contributed by atoms with Crippen LogP contribution < -0.4 is 0 Å². The molecule has 6 rings (SSSR count). The molecular formula is C22H15N5S. The zero-order chi connectivity index (χ0) is 18.5. The van der Waals surface area contributed by atoms with Crippen LogP contribution in [0, 0.1) is 0 Å². The molecule has 0 amide bonds. The van der Waals surface area contributed by atoms with Crippen LogP contribution in [0.15, 0.2) is 70.6 Å². The molecule has 0 aliphatic carbocycles. The van der Waals surface area contributed by atoms with Crippen molar-refractivity contribution in [2.75, 3.05) is 13.1 Å². The van der Waals surface area contributed by atoms with Crippen LogP contribution in [-0.2, 0) is 0 Å². The van der Waals surface area contributed by atoms with Crippen LogP contribution >= 0.6 is 11.3 Å². The molecule has 4 aromatic rings. The number of fused-ring (bicyclic) bond motifs is 5. The Kier molecular flexibility index (Phi) is 3.39. The van der Waals surface area contributed by atoms with Crippen molar-refractivity contribution in [1.82, 2.24) is 14.9 Å². The van der Waals surface area contributed by atoms with Gasteiger partial charge in [0.15, 0.2) is 5.82 Å². The highest BCUT2D eigenvalue weighted by atomic mass is 32.1. The van der Waals surface area contributed by atoms with E-state index in [9.17, 15) is 0 Å². The molecule has 0 spiro atoms. The predicted molar refractivity (Wildman–Crippen MR) is 115 cm³/mol. The first kappa shape index (κ1) is 15.7. The van der Waals surface area contributed by atoms with Gasteiger partial charge in [-0.05, 0) is 0 Å². The summed E-state index contributed by atoms with van der Waals surface area (Å²) in [5.74, 6) is 1.74. The predicted octanol–water partition coefficient (Wildman–Crippen LogP) is 4.76. The van der Waals surface area contributed by atoms with Crippen molar-refractivity contribution in [3.8, 4) is 22.6 Å². The summed E-state index contributed by atoms with van der Waals surface area (Å²) in [6.07, 6.45) is 1.89. The largest absolute Gasteiger partial charge is 0.314 e. The number of benzene rings is 2. The molecule has 0 atom stereocenters. The lowest BCUT2D eigenvalue weighted by atomic mass is 10.1. The lowest BCUT2D eigenvalue weighted by Gasteiger charge is -2.17. The number of aliphatic imine (C=N–C) groups is 2. The normalized spacial score (nSPS) is 14.9. The van der Waals surface area contributed by atoms with Gasteiger partial charge in [0.05, 0.1) is 34.5 Å². The number of hydrogen-bond acceptors (Lipinski definition) is 6. The van der Waals surface area contributed by atoms with E-state index in [2.05, 4.69) is 17.0 Å². The molecule has 2 aliphatic heterocycles. The fraction of sp³-hybridized carbons (Fsp3) is 0.0909. The summed E-state index contributed by atoms with van der Waals surface area (Å²) >= 11 is 1.66. The number of rotatable bonds is 2. The van der Waals surface area contributed by atoms with E-state index in [0.29, 0.717) is 0 Å². The third-order valence-electron chi connectivity index (χ3n) is 5.01. The average Bonchev–Trinajstić information content (AvgIpc) is 3.38. The van der Waals surface area contributed by atoms with Crippen LogP contribution in [0.3, 0.4) is 0 Å². The molecule has 134 valence electrons.